The summed E-state index contributed by atoms with van der Waals surface area (Å²) < 4.78 is 5.56. The Kier molecular flexibility index (Phi) is 9.29. The lowest BCUT2D eigenvalue weighted by molar-refractivity contribution is 0.407. The van der Waals surface area contributed by atoms with Gasteiger partial charge in [-0.15, -0.1) is 10.2 Å². The predicted octanol–water partition coefficient (Wildman–Crippen LogP) is 4.55. The Morgan fingerprint density at radius 3 is 2.10 bits per heavy atom. The van der Waals surface area contributed by atoms with Crippen LogP contribution in [0.2, 0.25) is 0 Å². The molecule has 0 radical (unpaired) electrons. The van der Waals surface area contributed by atoms with Crippen LogP contribution in [0.4, 0.5) is 0 Å². The topological polar surface area (TPSA) is 64.9 Å². The van der Waals surface area contributed by atoms with Crippen LogP contribution in [0, 0.1) is 0 Å². The highest BCUT2D eigenvalue weighted by molar-refractivity contribution is 4.88. The van der Waals surface area contributed by atoms with Crippen LogP contribution in [-0.4, -0.2) is 10.2 Å². The number of nitrogens with zero attached hydrogens (tertiary/aromatic N) is 2. The zero-order valence-corrected chi connectivity index (χ0v) is 13.2. The van der Waals surface area contributed by atoms with E-state index in [1.165, 1.54) is 51.4 Å². The van der Waals surface area contributed by atoms with Crippen LogP contribution < -0.4 is 5.73 Å². The number of aryl methyl sites for hydroxylation is 1. The van der Waals surface area contributed by atoms with E-state index in [9.17, 15) is 0 Å². The van der Waals surface area contributed by atoms with Crippen LogP contribution in [0.15, 0.2) is 4.42 Å². The van der Waals surface area contributed by atoms with Gasteiger partial charge in [-0.2, -0.15) is 0 Å². The van der Waals surface area contributed by atoms with Crippen LogP contribution in [0.5, 0.6) is 0 Å². The Labute approximate surface area is 123 Å². The molecule has 4 nitrogen and oxygen atoms in total. The quantitative estimate of drug-likeness (QED) is 0.571. The summed E-state index contributed by atoms with van der Waals surface area (Å²) in [7, 11) is 0. The first-order valence-corrected chi connectivity index (χ1v) is 8.35. The van der Waals surface area contributed by atoms with E-state index in [2.05, 4.69) is 17.1 Å². The molecule has 4 heteroatoms. The molecule has 0 saturated heterocycles. The van der Waals surface area contributed by atoms with Gasteiger partial charge in [-0.25, -0.2) is 0 Å². The van der Waals surface area contributed by atoms with E-state index in [0.717, 1.165) is 25.2 Å². The van der Waals surface area contributed by atoms with Crippen LogP contribution in [0.25, 0.3) is 0 Å². The first-order chi connectivity index (χ1) is 9.77. The smallest absolute Gasteiger partial charge is 0.233 e. The summed E-state index contributed by atoms with van der Waals surface area (Å²) in [5, 5.41) is 8.06. The number of nitrogens with two attached hydrogens (primary N) is 1. The van der Waals surface area contributed by atoms with Crippen molar-refractivity contribution >= 4 is 0 Å². The lowest BCUT2D eigenvalue weighted by Crippen LogP contribution is -2.08. The van der Waals surface area contributed by atoms with Crippen molar-refractivity contribution in [3.63, 3.8) is 0 Å². The highest BCUT2D eigenvalue weighted by Crippen LogP contribution is 2.14. The summed E-state index contributed by atoms with van der Waals surface area (Å²) in [6.07, 6.45) is 13.7. The minimum absolute atomic E-state index is 0.112. The van der Waals surface area contributed by atoms with Gasteiger partial charge in [0.2, 0.25) is 11.8 Å². The summed E-state index contributed by atoms with van der Waals surface area (Å²) in [6, 6.07) is -0.112. The van der Waals surface area contributed by atoms with Gasteiger partial charge in [-0.05, 0) is 12.8 Å². The van der Waals surface area contributed by atoms with Gasteiger partial charge in [-0.3, -0.25) is 0 Å². The average molecular weight is 281 g/mol. The molecule has 1 heterocycles. The Balaban J connectivity index is 2.00. The number of rotatable bonds is 12. The van der Waals surface area contributed by atoms with E-state index in [1.807, 2.05) is 6.92 Å². The van der Waals surface area contributed by atoms with E-state index in [0.29, 0.717) is 5.89 Å². The molecule has 2 N–H and O–H groups in total. The summed E-state index contributed by atoms with van der Waals surface area (Å²) in [5.41, 5.74) is 5.86. The lowest BCUT2D eigenvalue weighted by atomic mass is 10.1. The number of hydrogen-bond acceptors (Lipinski definition) is 4. The van der Waals surface area contributed by atoms with Crippen LogP contribution in [0.3, 0.4) is 0 Å². The molecule has 0 fully saturated rings. The van der Waals surface area contributed by atoms with Crippen LogP contribution in [0.1, 0.15) is 95.9 Å². The van der Waals surface area contributed by atoms with Crippen molar-refractivity contribution in [1.29, 1.82) is 0 Å². The molecule has 1 rings (SSSR count). The molecule has 0 aliphatic rings. The number of unbranched alkanes of at least 4 members (excludes halogenated alkanes) is 8. The molecule has 20 heavy (non-hydrogen) atoms. The molecule has 0 amide bonds. The molecule has 0 aliphatic heterocycles. The highest BCUT2D eigenvalue weighted by atomic mass is 16.4. The summed E-state index contributed by atoms with van der Waals surface area (Å²) >= 11 is 0. The van der Waals surface area contributed by atoms with Gasteiger partial charge in [0.1, 0.15) is 0 Å². The molecule has 0 spiro atoms. The molecule has 1 atom stereocenters. The van der Waals surface area contributed by atoms with Gasteiger partial charge in [0.15, 0.2) is 0 Å². The van der Waals surface area contributed by atoms with E-state index in [1.54, 1.807) is 0 Å². The fourth-order valence-corrected chi connectivity index (χ4v) is 2.28. The summed E-state index contributed by atoms with van der Waals surface area (Å²) in [6.45, 7) is 4.28. The van der Waals surface area contributed by atoms with Crippen molar-refractivity contribution in [2.24, 2.45) is 5.73 Å². The van der Waals surface area contributed by atoms with Crippen molar-refractivity contribution in [2.75, 3.05) is 0 Å². The number of aromatic nitrogens is 2. The fourth-order valence-electron chi connectivity index (χ4n) is 2.28. The first-order valence-electron chi connectivity index (χ1n) is 8.35. The van der Waals surface area contributed by atoms with Crippen molar-refractivity contribution in [3.8, 4) is 0 Å². The van der Waals surface area contributed by atoms with E-state index >= 15 is 0 Å². The van der Waals surface area contributed by atoms with E-state index in [-0.39, 0.29) is 6.04 Å². The summed E-state index contributed by atoms with van der Waals surface area (Å²) in [4.78, 5) is 0. The Bertz CT molecular complexity index is 338. The van der Waals surface area contributed by atoms with E-state index in [4.69, 9.17) is 10.2 Å². The van der Waals surface area contributed by atoms with Gasteiger partial charge < -0.3 is 10.2 Å². The molecule has 0 aromatic carbocycles. The van der Waals surface area contributed by atoms with E-state index < -0.39 is 0 Å². The lowest BCUT2D eigenvalue weighted by Gasteiger charge is -2.01. The minimum atomic E-state index is -0.112. The average Bonchev–Trinajstić information content (AvgIpc) is 2.93. The molecule has 1 aromatic rings. The number of hydrogen-bond donors (Lipinski definition) is 1. The minimum Gasteiger partial charge on any atom is -0.424 e. The Morgan fingerprint density at radius 2 is 1.50 bits per heavy atom. The zero-order valence-electron chi connectivity index (χ0n) is 13.2. The fraction of sp³-hybridized carbons (Fsp3) is 0.875. The standard InChI is InChI=1S/C16H31N3O/c1-3-5-6-7-8-9-10-11-12-13-15-18-19-16(20-15)14(17)4-2/h14H,3-13,17H2,1-2H3. The maximum Gasteiger partial charge on any atom is 0.233 e. The zero-order chi connectivity index (χ0) is 14.6. The van der Waals surface area contributed by atoms with Gasteiger partial charge in [0, 0.05) is 6.42 Å². The van der Waals surface area contributed by atoms with Gasteiger partial charge in [0.25, 0.3) is 0 Å². The molecule has 1 aromatic heterocycles. The normalized spacial score (nSPS) is 12.8. The monoisotopic (exact) mass is 281 g/mol. The maximum absolute atomic E-state index is 5.86. The van der Waals surface area contributed by atoms with Gasteiger partial charge >= 0.3 is 0 Å². The maximum atomic E-state index is 5.86. The third kappa shape index (κ3) is 7.04. The molecule has 0 saturated carbocycles. The van der Waals surface area contributed by atoms with Crippen molar-refractivity contribution in [1.82, 2.24) is 10.2 Å². The second-order valence-corrected chi connectivity index (χ2v) is 5.63. The van der Waals surface area contributed by atoms with Gasteiger partial charge in [0.05, 0.1) is 6.04 Å². The van der Waals surface area contributed by atoms with Crippen LogP contribution >= 0.6 is 0 Å². The van der Waals surface area contributed by atoms with Crippen molar-refractivity contribution in [2.45, 2.75) is 90.5 Å². The highest BCUT2D eigenvalue weighted by Gasteiger charge is 2.11. The Morgan fingerprint density at radius 1 is 0.900 bits per heavy atom. The first kappa shape index (κ1) is 17.2. The second-order valence-electron chi connectivity index (χ2n) is 5.63. The molecule has 0 aliphatic carbocycles. The largest absolute Gasteiger partial charge is 0.424 e. The molecular weight excluding hydrogens is 250 g/mol. The molecule has 1 unspecified atom stereocenters. The van der Waals surface area contributed by atoms with Gasteiger partial charge in [-0.1, -0.05) is 65.2 Å². The molecule has 116 valence electrons. The van der Waals surface area contributed by atoms with Crippen molar-refractivity contribution in [3.05, 3.63) is 11.8 Å². The summed E-state index contributed by atoms with van der Waals surface area (Å²) in [5.74, 6) is 1.32. The SMILES string of the molecule is CCCCCCCCCCCc1nnc(C(N)CC)o1. The Hall–Kier alpha value is -0.900. The second kappa shape index (κ2) is 10.8. The third-order valence-electron chi connectivity index (χ3n) is 3.73. The third-order valence-corrected chi connectivity index (χ3v) is 3.73. The molecular formula is C16H31N3O. The molecule has 0 bridgehead atoms. The predicted molar refractivity (Wildman–Crippen MR) is 82.4 cm³/mol. The van der Waals surface area contributed by atoms with Crippen LogP contribution in [-0.2, 0) is 6.42 Å². The van der Waals surface area contributed by atoms with Crippen molar-refractivity contribution < 1.29 is 4.42 Å².